The topological polar surface area (TPSA) is 66.9 Å². The molecule has 0 saturated carbocycles. The van der Waals surface area contributed by atoms with Crippen molar-refractivity contribution in [3.8, 4) is 0 Å². The number of hydrogen-bond acceptors (Lipinski definition) is 4. The summed E-state index contributed by atoms with van der Waals surface area (Å²) in [6, 6.07) is 16.3. The highest BCUT2D eigenvalue weighted by Gasteiger charge is 2.09. The Morgan fingerprint density at radius 2 is 1.54 bits per heavy atom. The molecule has 0 aliphatic carbocycles. The molecule has 2 N–H and O–H groups in total. The van der Waals surface area contributed by atoms with Crippen LogP contribution in [0.5, 0.6) is 0 Å². The first-order valence-corrected chi connectivity index (χ1v) is 7.83. The van der Waals surface area contributed by atoms with Gasteiger partial charge in [0, 0.05) is 15.8 Å². The maximum atomic E-state index is 12.8. The first-order valence-electron chi connectivity index (χ1n) is 7.03. The standard InChI is InChI=1S/C17H12BrFN4O/c18-11-1-5-13(6-2-11)20-16-10-9-15(22-23-16)17(24)21-14-7-3-12(19)4-8-14/h1-10H,(H,20,23)(H,21,24). The fourth-order valence-corrected chi connectivity index (χ4v) is 2.19. The van der Waals surface area contributed by atoms with E-state index in [-0.39, 0.29) is 11.5 Å². The molecule has 1 heterocycles. The number of benzene rings is 2. The van der Waals surface area contributed by atoms with Crippen LogP contribution in [-0.2, 0) is 0 Å². The molecular formula is C17H12BrFN4O. The number of carbonyl (C=O) groups excluding carboxylic acids is 1. The molecule has 1 aromatic heterocycles. The Kier molecular flexibility index (Phi) is 4.81. The van der Waals surface area contributed by atoms with E-state index < -0.39 is 5.91 Å². The van der Waals surface area contributed by atoms with Crippen molar-refractivity contribution in [3.05, 3.63) is 76.6 Å². The van der Waals surface area contributed by atoms with Crippen molar-refractivity contribution < 1.29 is 9.18 Å². The number of hydrogen-bond donors (Lipinski definition) is 2. The third kappa shape index (κ3) is 4.14. The largest absolute Gasteiger partial charge is 0.339 e. The Bertz CT molecular complexity index is 836. The number of nitrogens with zero attached hydrogens (tertiary/aromatic N) is 2. The summed E-state index contributed by atoms with van der Waals surface area (Å²) in [6.07, 6.45) is 0. The van der Waals surface area contributed by atoms with E-state index in [0.29, 0.717) is 11.5 Å². The van der Waals surface area contributed by atoms with Crippen molar-refractivity contribution in [2.45, 2.75) is 0 Å². The lowest BCUT2D eigenvalue weighted by Crippen LogP contribution is -2.14. The highest BCUT2D eigenvalue weighted by Crippen LogP contribution is 2.17. The number of anilines is 3. The van der Waals surface area contributed by atoms with E-state index in [1.807, 2.05) is 24.3 Å². The van der Waals surface area contributed by atoms with Crippen molar-refractivity contribution in [1.82, 2.24) is 10.2 Å². The van der Waals surface area contributed by atoms with Gasteiger partial charge in [-0.15, -0.1) is 10.2 Å². The lowest BCUT2D eigenvalue weighted by molar-refractivity contribution is 0.102. The molecule has 2 aromatic carbocycles. The van der Waals surface area contributed by atoms with E-state index >= 15 is 0 Å². The van der Waals surface area contributed by atoms with E-state index in [2.05, 4.69) is 36.8 Å². The van der Waals surface area contributed by atoms with Crippen LogP contribution in [0.1, 0.15) is 10.5 Å². The number of aromatic nitrogens is 2. The minimum atomic E-state index is -0.413. The smallest absolute Gasteiger partial charge is 0.276 e. The van der Waals surface area contributed by atoms with Gasteiger partial charge in [0.1, 0.15) is 5.82 Å². The van der Waals surface area contributed by atoms with E-state index in [1.165, 1.54) is 24.3 Å². The second-order valence-corrected chi connectivity index (χ2v) is 5.81. The van der Waals surface area contributed by atoms with Crippen molar-refractivity contribution in [1.29, 1.82) is 0 Å². The van der Waals surface area contributed by atoms with Gasteiger partial charge in [-0.25, -0.2) is 4.39 Å². The number of amides is 1. The minimum absolute atomic E-state index is 0.167. The third-order valence-corrected chi connectivity index (χ3v) is 3.64. The first-order chi connectivity index (χ1) is 11.6. The molecular weight excluding hydrogens is 375 g/mol. The van der Waals surface area contributed by atoms with Crippen LogP contribution in [0.3, 0.4) is 0 Å². The monoisotopic (exact) mass is 386 g/mol. The fraction of sp³-hybridized carbons (Fsp3) is 0. The van der Waals surface area contributed by atoms with Gasteiger partial charge in [0.05, 0.1) is 0 Å². The van der Waals surface area contributed by atoms with Crippen LogP contribution < -0.4 is 10.6 Å². The molecule has 5 nitrogen and oxygen atoms in total. The molecule has 0 saturated heterocycles. The molecule has 0 aliphatic rings. The molecule has 0 aliphatic heterocycles. The van der Waals surface area contributed by atoms with Crippen LogP contribution in [-0.4, -0.2) is 16.1 Å². The van der Waals surface area contributed by atoms with Gasteiger partial charge in [-0.05, 0) is 60.7 Å². The molecule has 3 aromatic rings. The van der Waals surface area contributed by atoms with Gasteiger partial charge in [0.25, 0.3) is 5.91 Å². The highest BCUT2D eigenvalue weighted by molar-refractivity contribution is 9.10. The molecule has 0 radical (unpaired) electrons. The van der Waals surface area contributed by atoms with Gasteiger partial charge in [-0.1, -0.05) is 15.9 Å². The number of rotatable bonds is 4. The van der Waals surface area contributed by atoms with Crippen molar-refractivity contribution in [3.63, 3.8) is 0 Å². The Morgan fingerprint density at radius 3 is 2.17 bits per heavy atom. The minimum Gasteiger partial charge on any atom is -0.339 e. The second kappa shape index (κ2) is 7.18. The van der Waals surface area contributed by atoms with E-state index in [0.717, 1.165) is 10.2 Å². The summed E-state index contributed by atoms with van der Waals surface area (Å²) in [5.41, 5.74) is 1.51. The summed E-state index contributed by atoms with van der Waals surface area (Å²) in [5, 5.41) is 13.6. The van der Waals surface area contributed by atoms with E-state index in [1.54, 1.807) is 12.1 Å². The number of halogens is 2. The van der Waals surface area contributed by atoms with Gasteiger partial charge in [0.2, 0.25) is 0 Å². The molecule has 0 fully saturated rings. The maximum Gasteiger partial charge on any atom is 0.276 e. The van der Waals surface area contributed by atoms with Crippen LogP contribution in [0.4, 0.5) is 21.6 Å². The molecule has 0 atom stereocenters. The van der Waals surface area contributed by atoms with Crippen molar-refractivity contribution >= 4 is 39.0 Å². The molecule has 120 valence electrons. The van der Waals surface area contributed by atoms with Crippen LogP contribution in [0.25, 0.3) is 0 Å². The summed E-state index contributed by atoms with van der Waals surface area (Å²) >= 11 is 3.37. The van der Waals surface area contributed by atoms with Gasteiger partial charge in [0.15, 0.2) is 11.5 Å². The maximum absolute atomic E-state index is 12.8. The van der Waals surface area contributed by atoms with E-state index in [4.69, 9.17) is 0 Å². The number of carbonyl (C=O) groups is 1. The summed E-state index contributed by atoms with van der Waals surface area (Å²) in [7, 11) is 0. The van der Waals surface area contributed by atoms with Crippen LogP contribution >= 0.6 is 15.9 Å². The van der Waals surface area contributed by atoms with Gasteiger partial charge in [-0.3, -0.25) is 4.79 Å². The quantitative estimate of drug-likeness (QED) is 0.698. The Labute approximate surface area is 146 Å². The molecule has 0 bridgehead atoms. The predicted octanol–water partition coefficient (Wildman–Crippen LogP) is 4.37. The summed E-state index contributed by atoms with van der Waals surface area (Å²) in [5.74, 6) is -0.254. The molecule has 0 unspecified atom stereocenters. The SMILES string of the molecule is O=C(Nc1ccc(F)cc1)c1ccc(Nc2ccc(Br)cc2)nn1. The van der Waals surface area contributed by atoms with Gasteiger partial charge in [-0.2, -0.15) is 0 Å². The summed E-state index contributed by atoms with van der Waals surface area (Å²) < 4.78 is 13.8. The van der Waals surface area contributed by atoms with Crippen molar-refractivity contribution in [2.24, 2.45) is 0 Å². The molecule has 0 spiro atoms. The van der Waals surface area contributed by atoms with E-state index in [9.17, 15) is 9.18 Å². The normalized spacial score (nSPS) is 10.2. The molecule has 24 heavy (non-hydrogen) atoms. The lowest BCUT2D eigenvalue weighted by Gasteiger charge is -2.06. The zero-order chi connectivity index (χ0) is 16.9. The zero-order valence-corrected chi connectivity index (χ0v) is 13.9. The first kappa shape index (κ1) is 16.1. The molecule has 1 amide bonds. The zero-order valence-electron chi connectivity index (χ0n) is 12.3. The van der Waals surface area contributed by atoms with Gasteiger partial charge >= 0.3 is 0 Å². The molecule has 3 rings (SSSR count). The average Bonchev–Trinajstić information content (AvgIpc) is 2.59. The van der Waals surface area contributed by atoms with Gasteiger partial charge < -0.3 is 10.6 Å². The van der Waals surface area contributed by atoms with Crippen LogP contribution in [0.15, 0.2) is 65.1 Å². The Balaban J connectivity index is 1.66. The molecule has 7 heteroatoms. The Hall–Kier alpha value is -2.80. The lowest BCUT2D eigenvalue weighted by atomic mass is 10.3. The second-order valence-electron chi connectivity index (χ2n) is 4.90. The van der Waals surface area contributed by atoms with Crippen LogP contribution in [0.2, 0.25) is 0 Å². The third-order valence-electron chi connectivity index (χ3n) is 3.12. The highest BCUT2D eigenvalue weighted by atomic mass is 79.9. The fourth-order valence-electron chi connectivity index (χ4n) is 1.93. The average molecular weight is 387 g/mol. The van der Waals surface area contributed by atoms with Crippen LogP contribution in [0, 0.1) is 5.82 Å². The predicted molar refractivity (Wildman–Crippen MR) is 93.8 cm³/mol. The summed E-state index contributed by atoms with van der Waals surface area (Å²) in [4.78, 5) is 12.1. The Morgan fingerprint density at radius 1 is 0.875 bits per heavy atom. The van der Waals surface area contributed by atoms with Crippen molar-refractivity contribution in [2.75, 3.05) is 10.6 Å². The summed E-state index contributed by atoms with van der Waals surface area (Å²) in [6.45, 7) is 0. The number of nitrogens with one attached hydrogen (secondary N) is 2.